The van der Waals surface area contributed by atoms with Crippen molar-refractivity contribution in [3.63, 3.8) is 0 Å². The van der Waals surface area contributed by atoms with E-state index in [2.05, 4.69) is 11.4 Å². The standard InChI is InChI=1S/C19H22F2N4O/c1-2-24-17-16(25(18(24)26)10-12-8-19(12,20)21)6-5-15(23-17)14-7-13-4-3-11(14)9-22-13/h5-7,11-13,22H,2-4,8-10H2,1H3. The summed E-state index contributed by atoms with van der Waals surface area (Å²) in [5, 5.41) is 3.49. The van der Waals surface area contributed by atoms with Crippen LogP contribution in [0.25, 0.3) is 16.7 Å². The van der Waals surface area contributed by atoms with E-state index in [4.69, 9.17) is 4.98 Å². The van der Waals surface area contributed by atoms with E-state index in [0.717, 1.165) is 25.1 Å². The predicted octanol–water partition coefficient (Wildman–Crippen LogP) is 2.64. The van der Waals surface area contributed by atoms with Gasteiger partial charge >= 0.3 is 5.69 Å². The van der Waals surface area contributed by atoms with Crippen molar-refractivity contribution in [1.82, 2.24) is 19.4 Å². The van der Waals surface area contributed by atoms with Crippen LogP contribution in [0.15, 0.2) is 23.0 Å². The van der Waals surface area contributed by atoms with Crippen molar-refractivity contribution in [2.45, 2.75) is 51.2 Å². The second-order valence-corrected chi connectivity index (χ2v) is 7.75. The first-order chi connectivity index (χ1) is 12.5. The number of rotatable bonds is 4. The van der Waals surface area contributed by atoms with Crippen LogP contribution in [0.2, 0.25) is 0 Å². The quantitative estimate of drug-likeness (QED) is 0.912. The van der Waals surface area contributed by atoms with Crippen LogP contribution in [0.5, 0.6) is 0 Å². The second-order valence-electron chi connectivity index (χ2n) is 7.75. The fourth-order valence-corrected chi connectivity index (χ4v) is 4.43. The number of imidazole rings is 1. The number of alkyl halides is 2. The van der Waals surface area contributed by atoms with Gasteiger partial charge in [-0.25, -0.2) is 18.6 Å². The van der Waals surface area contributed by atoms with Gasteiger partial charge in [0, 0.05) is 38.0 Å². The van der Waals surface area contributed by atoms with Crippen LogP contribution < -0.4 is 11.0 Å². The van der Waals surface area contributed by atoms with Crippen LogP contribution in [0.1, 0.15) is 31.9 Å². The molecule has 2 aromatic heterocycles. The van der Waals surface area contributed by atoms with E-state index in [1.54, 1.807) is 4.57 Å². The fourth-order valence-electron chi connectivity index (χ4n) is 4.43. The van der Waals surface area contributed by atoms with Gasteiger partial charge in [-0.05, 0) is 43.4 Å². The van der Waals surface area contributed by atoms with E-state index in [9.17, 15) is 13.6 Å². The maximum Gasteiger partial charge on any atom is 0.330 e. The highest BCUT2D eigenvalue weighted by atomic mass is 19.3. The van der Waals surface area contributed by atoms with Gasteiger partial charge in [-0.1, -0.05) is 6.08 Å². The lowest BCUT2D eigenvalue weighted by molar-refractivity contribution is 0.0951. The van der Waals surface area contributed by atoms with Crippen LogP contribution in [0.4, 0.5) is 8.78 Å². The monoisotopic (exact) mass is 360 g/mol. The van der Waals surface area contributed by atoms with Gasteiger partial charge < -0.3 is 5.32 Å². The summed E-state index contributed by atoms with van der Waals surface area (Å²) in [6.07, 6.45) is 4.43. The largest absolute Gasteiger partial charge is 0.330 e. The Morgan fingerprint density at radius 1 is 1.31 bits per heavy atom. The SMILES string of the molecule is CCn1c(=O)n(CC2CC2(F)F)c2ccc(C3=CC4CCC3CN4)nc21. The van der Waals surface area contributed by atoms with Crippen molar-refractivity contribution in [2.75, 3.05) is 6.54 Å². The van der Waals surface area contributed by atoms with E-state index in [1.165, 1.54) is 10.1 Å². The van der Waals surface area contributed by atoms with Crippen LogP contribution in [0.3, 0.4) is 0 Å². The molecule has 1 N–H and O–H groups in total. The number of hydrogen-bond acceptors (Lipinski definition) is 3. The molecule has 4 heterocycles. The average molecular weight is 360 g/mol. The minimum Gasteiger partial charge on any atom is -0.310 e. The third-order valence-corrected chi connectivity index (χ3v) is 6.11. The molecule has 2 aromatic rings. The molecule has 26 heavy (non-hydrogen) atoms. The Bertz CT molecular complexity index is 966. The van der Waals surface area contributed by atoms with Crippen LogP contribution in [-0.2, 0) is 13.1 Å². The van der Waals surface area contributed by atoms with Crippen molar-refractivity contribution in [3.8, 4) is 0 Å². The lowest BCUT2D eigenvalue weighted by atomic mass is 9.80. The molecular formula is C19H22F2N4O. The summed E-state index contributed by atoms with van der Waals surface area (Å²) < 4.78 is 29.8. The predicted molar refractivity (Wildman–Crippen MR) is 95.2 cm³/mol. The summed E-state index contributed by atoms with van der Waals surface area (Å²) >= 11 is 0. The van der Waals surface area contributed by atoms with E-state index in [1.807, 2.05) is 19.1 Å². The molecule has 138 valence electrons. The molecule has 7 heteroatoms. The molecule has 4 aliphatic rings. The highest BCUT2D eigenvalue weighted by Gasteiger charge is 2.57. The molecule has 5 nitrogen and oxygen atoms in total. The zero-order chi connectivity index (χ0) is 18.1. The maximum atomic E-state index is 13.3. The molecule has 1 saturated carbocycles. The molecule has 2 bridgehead atoms. The van der Waals surface area contributed by atoms with E-state index >= 15 is 0 Å². The molecule has 2 aliphatic carbocycles. The molecule has 0 radical (unpaired) electrons. The van der Waals surface area contributed by atoms with Gasteiger partial charge in [0.25, 0.3) is 5.92 Å². The lowest BCUT2D eigenvalue weighted by Gasteiger charge is -2.36. The Hall–Kier alpha value is -2.02. The highest BCUT2D eigenvalue weighted by Crippen LogP contribution is 2.49. The van der Waals surface area contributed by atoms with Gasteiger partial charge in [0.2, 0.25) is 0 Å². The topological polar surface area (TPSA) is 51.9 Å². The fraction of sp³-hybridized carbons (Fsp3) is 0.579. The average Bonchev–Trinajstić information content (AvgIpc) is 3.17. The summed E-state index contributed by atoms with van der Waals surface area (Å²) in [6.45, 7) is 3.39. The number of pyridine rings is 1. The van der Waals surface area contributed by atoms with Gasteiger partial charge in [0.05, 0.1) is 11.2 Å². The molecule has 0 amide bonds. The number of fused-ring (bicyclic) bond motifs is 3. The Morgan fingerprint density at radius 2 is 2.12 bits per heavy atom. The van der Waals surface area contributed by atoms with Gasteiger partial charge in [-0.2, -0.15) is 0 Å². The van der Waals surface area contributed by atoms with Crippen LogP contribution in [-0.4, -0.2) is 32.6 Å². The Morgan fingerprint density at radius 3 is 2.69 bits per heavy atom. The highest BCUT2D eigenvalue weighted by molar-refractivity contribution is 5.77. The van der Waals surface area contributed by atoms with E-state index < -0.39 is 11.8 Å². The minimum absolute atomic E-state index is 0.0632. The summed E-state index contributed by atoms with van der Waals surface area (Å²) in [5.74, 6) is -2.91. The molecule has 0 spiro atoms. The van der Waals surface area contributed by atoms with Gasteiger partial charge in [0.1, 0.15) is 0 Å². The number of hydrogen-bond donors (Lipinski definition) is 1. The molecule has 6 rings (SSSR count). The zero-order valence-electron chi connectivity index (χ0n) is 14.7. The van der Waals surface area contributed by atoms with Crippen molar-refractivity contribution < 1.29 is 8.78 Å². The van der Waals surface area contributed by atoms with Crippen molar-refractivity contribution >= 4 is 16.7 Å². The number of aromatic nitrogens is 3. The first-order valence-corrected chi connectivity index (χ1v) is 9.41. The first-order valence-electron chi connectivity index (χ1n) is 9.41. The van der Waals surface area contributed by atoms with Gasteiger partial charge in [-0.15, -0.1) is 0 Å². The molecule has 2 fully saturated rings. The summed E-state index contributed by atoms with van der Waals surface area (Å²) in [6, 6.07) is 4.22. The number of piperidine rings is 1. The van der Waals surface area contributed by atoms with E-state index in [0.29, 0.717) is 29.7 Å². The summed E-state index contributed by atoms with van der Waals surface area (Å²) in [4.78, 5) is 17.5. The maximum absolute atomic E-state index is 13.3. The number of nitrogens with zero attached hydrogens (tertiary/aromatic N) is 3. The molecule has 3 atom stereocenters. The number of nitrogens with one attached hydrogen (secondary N) is 1. The Balaban J connectivity index is 1.59. The number of aryl methyl sites for hydroxylation is 1. The van der Waals surface area contributed by atoms with Crippen molar-refractivity contribution in [3.05, 3.63) is 34.4 Å². The van der Waals surface area contributed by atoms with Crippen molar-refractivity contribution in [1.29, 1.82) is 0 Å². The van der Waals surface area contributed by atoms with Gasteiger partial charge in [0.15, 0.2) is 5.65 Å². The molecule has 0 aromatic carbocycles. The second kappa shape index (κ2) is 5.49. The number of halogens is 2. The smallest absolute Gasteiger partial charge is 0.310 e. The molecule has 1 saturated heterocycles. The molecule has 3 unspecified atom stereocenters. The van der Waals surface area contributed by atoms with E-state index in [-0.39, 0.29) is 18.7 Å². The third kappa shape index (κ3) is 2.36. The van der Waals surface area contributed by atoms with Gasteiger partial charge in [-0.3, -0.25) is 9.13 Å². The summed E-state index contributed by atoms with van der Waals surface area (Å²) in [7, 11) is 0. The first kappa shape index (κ1) is 16.2. The lowest BCUT2D eigenvalue weighted by Crippen LogP contribution is -2.42. The third-order valence-electron chi connectivity index (χ3n) is 6.11. The Kier molecular flexibility index (Phi) is 3.41. The minimum atomic E-state index is -2.63. The molecular weight excluding hydrogens is 338 g/mol. The van der Waals surface area contributed by atoms with Crippen LogP contribution >= 0.6 is 0 Å². The summed E-state index contributed by atoms with van der Waals surface area (Å²) in [5.41, 5.74) is 3.18. The van der Waals surface area contributed by atoms with Crippen LogP contribution in [0, 0.1) is 11.8 Å². The molecule has 2 aliphatic heterocycles. The van der Waals surface area contributed by atoms with Crippen molar-refractivity contribution in [2.24, 2.45) is 11.8 Å². The zero-order valence-corrected chi connectivity index (χ0v) is 14.7. The Labute approximate surface area is 149 Å². The normalized spacial score (nSPS) is 29.2.